The second-order valence-corrected chi connectivity index (χ2v) is 7.15. The van der Waals surface area contributed by atoms with Gasteiger partial charge in [-0.05, 0) is 25.0 Å². The number of ether oxygens (including phenoxy) is 1. The Kier molecular flexibility index (Phi) is 4.44. The lowest BCUT2D eigenvalue weighted by Crippen LogP contribution is -2.42. The molecule has 0 bridgehead atoms. The van der Waals surface area contributed by atoms with Gasteiger partial charge in [-0.25, -0.2) is 13.1 Å². The van der Waals surface area contributed by atoms with Gasteiger partial charge in [-0.3, -0.25) is 0 Å². The molecule has 2 aliphatic rings. The van der Waals surface area contributed by atoms with Crippen LogP contribution in [0, 0.1) is 0 Å². The maximum absolute atomic E-state index is 12.4. The Morgan fingerprint density at radius 1 is 1.29 bits per heavy atom. The highest BCUT2D eigenvalue weighted by Gasteiger charge is 2.29. The van der Waals surface area contributed by atoms with Crippen LogP contribution in [0.15, 0.2) is 29.2 Å². The number of hydrogen-bond donors (Lipinski definition) is 3. The molecule has 1 saturated carbocycles. The van der Waals surface area contributed by atoms with Crippen LogP contribution in [0.5, 0.6) is 0 Å². The van der Waals surface area contributed by atoms with Gasteiger partial charge in [0.25, 0.3) is 0 Å². The minimum atomic E-state index is -3.45. The molecule has 21 heavy (non-hydrogen) atoms. The average Bonchev–Trinajstić information content (AvgIpc) is 3.30. The molecular formula is C14H21N3O3S. The number of nitrogens with one attached hydrogen (secondary N) is 3. The summed E-state index contributed by atoms with van der Waals surface area (Å²) < 4.78 is 33.0. The van der Waals surface area contributed by atoms with Crippen molar-refractivity contribution >= 4 is 15.7 Å². The van der Waals surface area contributed by atoms with Crippen LogP contribution in [0.3, 0.4) is 0 Å². The van der Waals surface area contributed by atoms with Crippen LogP contribution in [0.1, 0.15) is 12.8 Å². The Balaban J connectivity index is 1.69. The highest BCUT2D eigenvalue weighted by atomic mass is 32.2. The quantitative estimate of drug-likeness (QED) is 0.714. The normalized spacial score (nSPS) is 23.0. The fraction of sp³-hybridized carbons (Fsp3) is 0.571. The van der Waals surface area contributed by atoms with Crippen molar-refractivity contribution in [2.24, 2.45) is 0 Å². The summed E-state index contributed by atoms with van der Waals surface area (Å²) in [4.78, 5) is 0.306. The summed E-state index contributed by atoms with van der Waals surface area (Å²) in [6, 6.07) is 7.10. The van der Waals surface area contributed by atoms with Crippen molar-refractivity contribution < 1.29 is 13.2 Å². The van der Waals surface area contributed by atoms with Crippen molar-refractivity contribution in [2.75, 3.05) is 31.6 Å². The molecule has 0 aromatic heterocycles. The van der Waals surface area contributed by atoms with Crippen molar-refractivity contribution in [2.45, 2.75) is 29.9 Å². The number of rotatable bonds is 6. The number of para-hydroxylation sites is 1. The molecule has 1 aliphatic carbocycles. The predicted octanol–water partition coefficient (Wildman–Crippen LogP) is 0.528. The first-order valence-corrected chi connectivity index (χ1v) is 8.81. The third-order valence-electron chi connectivity index (χ3n) is 3.60. The number of benzene rings is 1. The number of anilines is 1. The Morgan fingerprint density at radius 2 is 2.10 bits per heavy atom. The molecule has 1 atom stereocenters. The van der Waals surface area contributed by atoms with Crippen LogP contribution in [0.25, 0.3) is 0 Å². The minimum Gasteiger partial charge on any atom is -0.381 e. The molecule has 116 valence electrons. The van der Waals surface area contributed by atoms with Gasteiger partial charge in [0, 0.05) is 25.7 Å². The summed E-state index contributed by atoms with van der Waals surface area (Å²) in [6.07, 6.45) is 1.92. The first-order valence-electron chi connectivity index (χ1n) is 7.33. The lowest BCUT2D eigenvalue weighted by molar-refractivity contribution is 0.0372. The molecule has 7 heteroatoms. The van der Waals surface area contributed by atoms with E-state index in [1.807, 2.05) is 6.07 Å². The van der Waals surface area contributed by atoms with Crippen molar-refractivity contribution in [1.29, 1.82) is 0 Å². The largest absolute Gasteiger partial charge is 0.381 e. The Morgan fingerprint density at radius 3 is 2.81 bits per heavy atom. The van der Waals surface area contributed by atoms with E-state index in [0.29, 0.717) is 23.7 Å². The molecule has 2 fully saturated rings. The van der Waals surface area contributed by atoms with Gasteiger partial charge in [0.15, 0.2) is 0 Å². The van der Waals surface area contributed by atoms with Crippen molar-refractivity contribution in [3.8, 4) is 0 Å². The molecule has 0 spiro atoms. The highest BCUT2D eigenvalue weighted by Crippen LogP contribution is 2.25. The smallest absolute Gasteiger partial charge is 0.242 e. The SMILES string of the molecule is O=S(=O)(NC1CC1)c1ccccc1NCC1CNCCO1. The molecule has 0 radical (unpaired) electrons. The van der Waals surface area contributed by atoms with E-state index in [1.54, 1.807) is 18.2 Å². The third-order valence-corrected chi connectivity index (χ3v) is 5.18. The minimum absolute atomic E-state index is 0.0610. The van der Waals surface area contributed by atoms with Crippen molar-refractivity contribution in [3.05, 3.63) is 24.3 Å². The first-order chi connectivity index (χ1) is 10.1. The van der Waals surface area contributed by atoms with Gasteiger partial charge in [0.05, 0.1) is 18.4 Å². The van der Waals surface area contributed by atoms with E-state index in [0.717, 1.165) is 25.9 Å². The Bertz CT molecular complexity index is 581. The Hall–Kier alpha value is -1.15. The lowest BCUT2D eigenvalue weighted by atomic mass is 10.2. The van der Waals surface area contributed by atoms with Crippen molar-refractivity contribution in [1.82, 2.24) is 10.0 Å². The number of morpholine rings is 1. The molecular weight excluding hydrogens is 290 g/mol. The molecule has 1 aromatic carbocycles. The van der Waals surface area contributed by atoms with Gasteiger partial charge < -0.3 is 15.4 Å². The molecule has 1 aliphatic heterocycles. The molecule has 1 saturated heterocycles. The van der Waals surface area contributed by atoms with Gasteiger partial charge in [0.1, 0.15) is 4.90 Å². The van der Waals surface area contributed by atoms with E-state index < -0.39 is 10.0 Å². The van der Waals surface area contributed by atoms with E-state index in [2.05, 4.69) is 15.4 Å². The zero-order valence-electron chi connectivity index (χ0n) is 11.8. The van der Waals surface area contributed by atoms with E-state index in [-0.39, 0.29) is 12.1 Å². The van der Waals surface area contributed by atoms with Gasteiger partial charge in [0.2, 0.25) is 10.0 Å². The summed E-state index contributed by atoms with van der Waals surface area (Å²) >= 11 is 0. The van der Waals surface area contributed by atoms with E-state index in [9.17, 15) is 8.42 Å². The van der Waals surface area contributed by atoms with Crippen LogP contribution < -0.4 is 15.4 Å². The molecule has 0 amide bonds. The van der Waals surface area contributed by atoms with Gasteiger partial charge in [-0.1, -0.05) is 12.1 Å². The molecule has 1 unspecified atom stereocenters. The fourth-order valence-electron chi connectivity index (χ4n) is 2.31. The van der Waals surface area contributed by atoms with Gasteiger partial charge >= 0.3 is 0 Å². The van der Waals surface area contributed by atoms with Crippen LogP contribution in [-0.2, 0) is 14.8 Å². The van der Waals surface area contributed by atoms with Crippen LogP contribution >= 0.6 is 0 Å². The molecule has 6 nitrogen and oxygen atoms in total. The van der Waals surface area contributed by atoms with Gasteiger partial charge in [-0.2, -0.15) is 0 Å². The summed E-state index contributed by atoms with van der Waals surface area (Å²) in [5.41, 5.74) is 0.625. The van der Waals surface area contributed by atoms with Crippen LogP contribution in [0.4, 0.5) is 5.69 Å². The zero-order valence-corrected chi connectivity index (χ0v) is 12.7. The van der Waals surface area contributed by atoms with Crippen LogP contribution in [-0.4, -0.2) is 46.8 Å². The zero-order chi connectivity index (χ0) is 14.7. The maximum Gasteiger partial charge on any atom is 0.242 e. The predicted molar refractivity (Wildman–Crippen MR) is 80.9 cm³/mol. The van der Waals surface area contributed by atoms with E-state index in [1.165, 1.54) is 0 Å². The van der Waals surface area contributed by atoms with Crippen molar-refractivity contribution in [3.63, 3.8) is 0 Å². The summed E-state index contributed by atoms with van der Waals surface area (Å²) in [5, 5.41) is 6.45. The molecule has 3 rings (SSSR count). The second-order valence-electron chi connectivity index (χ2n) is 5.47. The lowest BCUT2D eigenvalue weighted by Gasteiger charge is -2.24. The number of hydrogen-bond acceptors (Lipinski definition) is 5. The average molecular weight is 311 g/mol. The fourth-order valence-corrected chi connectivity index (χ4v) is 3.79. The standard InChI is InChI=1S/C14H21N3O3S/c18-21(19,17-11-5-6-11)14-4-2-1-3-13(14)16-10-12-9-15-7-8-20-12/h1-4,11-12,15-17H,5-10H2. The summed E-state index contributed by atoms with van der Waals surface area (Å²) in [7, 11) is -3.45. The molecule has 1 heterocycles. The Labute approximate surface area is 125 Å². The maximum atomic E-state index is 12.4. The van der Waals surface area contributed by atoms with Crippen LogP contribution in [0.2, 0.25) is 0 Å². The highest BCUT2D eigenvalue weighted by molar-refractivity contribution is 7.89. The number of sulfonamides is 1. The second kappa shape index (κ2) is 6.31. The monoisotopic (exact) mass is 311 g/mol. The van der Waals surface area contributed by atoms with E-state index >= 15 is 0 Å². The van der Waals surface area contributed by atoms with Gasteiger partial charge in [-0.15, -0.1) is 0 Å². The topological polar surface area (TPSA) is 79.5 Å². The molecule has 1 aromatic rings. The first kappa shape index (κ1) is 14.8. The molecule has 3 N–H and O–H groups in total. The third kappa shape index (κ3) is 3.94. The van der Waals surface area contributed by atoms with E-state index in [4.69, 9.17) is 4.74 Å². The summed E-state index contributed by atoms with van der Waals surface area (Å²) in [5.74, 6) is 0. The summed E-state index contributed by atoms with van der Waals surface area (Å²) in [6.45, 7) is 2.92.